The normalized spacial score (nSPS) is 17.3. The largest absolute Gasteiger partial charge is 0.482 e. The van der Waals surface area contributed by atoms with Crippen LogP contribution in [-0.4, -0.2) is 30.9 Å². The van der Waals surface area contributed by atoms with E-state index in [-0.39, 0.29) is 25.1 Å². The zero-order valence-corrected chi connectivity index (χ0v) is 10.5. The Morgan fingerprint density at radius 1 is 1.44 bits per heavy atom. The fourth-order valence-electron chi connectivity index (χ4n) is 2.31. The molecule has 2 rings (SSSR count). The molecule has 18 heavy (non-hydrogen) atoms. The van der Waals surface area contributed by atoms with Crippen molar-refractivity contribution in [2.24, 2.45) is 5.92 Å². The molecule has 1 aliphatic rings. The van der Waals surface area contributed by atoms with Gasteiger partial charge in [0, 0.05) is 6.61 Å². The van der Waals surface area contributed by atoms with Gasteiger partial charge >= 0.3 is 5.97 Å². The second-order valence-electron chi connectivity index (χ2n) is 4.44. The average molecular weight is 250 g/mol. The van der Waals surface area contributed by atoms with Crippen molar-refractivity contribution in [3.05, 3.63) is 29.3 Å². The number of ether oxygens (including phenoxy) is 2. The molecule has 0 radical (unpaired) electrons. The Kier molecular flexibility index (Phi) is 4.20. The van der Waals surface area contributed by atoms with E-state index in [9.17, 15) is 9.90 Å². The minimum Gasteiger partial charge on any atom is -0.482 e. The summed E-state index contributed by atoms with van der Waals surface area (Å²) in [4.78, 5) is 11.2. The zero-order valence-electron chi connectivity index (χ0n) is 10.5. The van der Waals surface area contributed by atoms with E-state index in [1.807, 2.05) is 18.2 Å². The topological polar surface area (TPSA) is 55.8 Å². The van der Waals surface area contributed by atoms with E-state index in [1.54, 1.807) is 6.92 Å². The number of carbonyl (C=O) groups is 1. The third kappa shape index (κ3) is 2.82. The van der Waals surface area contributed by atoms with Crippen LogP contribution in [0, 0.1) is 5.92 Å². The summed E-state index contributed by atoms with van der Waals surface area (Å²) in [6.45, 7) is 2.26. The molecule has 0 bridgehead atoms. The van der Waals surface area contributed by atoms with Crippen LogP contribution in [0.2, 0.25) is 0 Å². The van der Waals surface area contributed by atoms with Crippen molar-refractivity contribution in [2.45, 2.75) is 19.8 Å². The molecular weight excluding hydrogens is 232 g/mol. The highest BCUT2D eigenvalue weighted by atomic mass is 16.6. The lowest BCUT2D eigenvalue weighted by Crippen LogP contribution is -2.15. The molecule has 0 spiro atoms. The number of aliphatic hydroxyl groups is 1. The standard InChI is InChI=1S/C14H18O4/c1-2-17-14(16)9-18-13-5-3-4-11-6-10(8-15)7-12(11)13/h3-5,10,15H,2,6-9H2,1H3. The highest BCUT2D eigenvalue weighted by Crippen LogP contribution is 2.33. The Morgan fingerprint density at radius 3 is 3.00 bits per heavy atom. The van der Waals surface area contributed by atoms with E-state index < -0.39 is 0 Å². The summed E-state index contributed by atoms with van der Waals surface area (Å²) >= 11 is 0. The minimum atomic E-state index is -0.355. The molecule has 1 atom stereocenters. The van der Waals surface area contributed by atoms with Crippen molar-refractivity contribution >= 4 is 5.97 Å². The smallest absolute Gasteiger partial charge is 0.344 e. The number of aliphatic hydroxyl groups excluding tert-OH is 1. The van der Waals surface area contributed by atoms with Crippen molar-refractivity contribution in [1.82, 2.24) is 0 Å². The van der Waals surface area contributed by atoms with E-state index in [2.05, 4.69) is 0 Å². The first-order valence-corrected chi connectivity index (χ1v) is 6.24. The monoisotopic (exact) mass is 250 g/mol. The molecule has 0 amide bonds. The first-order chi connectivity index (χ1) is 8.74. The van der Waals surface area contributed by atoms with Crippen LogP contribution in [0.3, 0.4) is 0 Å². The predicted octanol–water partition coefficient (Wildman–Crippen LogP) is 1.34. The number of hydrogen-bond acceptors (Lipinski definition) is 4. The quantitative estimate of drug-likeness (QED) is 0.801. The van der Waals surface area contributed by atoms with Crippen LogP contribution in [0.4, 0.5) is 0 Å². The zero-order chi connectivity index (χ0) is 13.0. The van der Waals surface area contributed by atoms with Crippen molar-refractivity contribution in [3.63, 3.8) is 0 Å². The lowest BCUT2D eigenvalue weighted by molar-refractivity contribution is -0.145. The Bertz CT molecular complexity index is 428. The minimum absolute atomic E-state index is 0.0614. The Labute approximate surface area is 107 Å². The molecule has 1 aliphatic carbocycles. The lowest BCUT2D eigenvalue weighted by atomic mass is 10.1. The summed E-state index contributed by atoms with van der Waals surface area (Å²) in [6.07, 6.45) is 1.69. The van der Waals surface area contributed by atoms with Crippen LogP contribution in [0.1, 0.15) is 18.1 Å². The van der Waals surface area contributed by atoms with Gasteiger partial charge in [-0.3, -0.25) is 0 Å². The molecular formula is C14H18O4. The van der Waals surface area contributed by atoms with Gasteiger partial charge in [0.15, 0.2) is 6.61 Å². The highest BCUT2D eigenvalue weighted by Gasteiger charge is 2.24. The maximum Gasteiger partial charge on any atom is 0.344 e. The fraction of sp³-hybridized carbons (Fsp3) is 0.500. The maximum atomic E-state index is 11.2. The van der Waals surface area contributed by atoms with Crippen molar-refractivity contribution < 1.29 is 19.4 Å². The van der Waals surface area contributed by atoms with Gasteiger partial charge < -0.3 is 14.6 Å². The number of hydrogen-bond donors (Lipinski definition) is 1. The van der Waals surface area contributed by atoms with Crippen molar-refractivity contribution in [1.29, 1.82) is 0 Å². The Hall–Kier alpha value is -1.55. The van der Waals surface area contributed by atoms with Crippen LogP contribution in [0.5, 0.6) is 5.75 Å². The molecule has 0 aromatic heterocycles. The third-order valence-corrected chi connectivity index (χ3v) is 3.14. The molecule has 1 unspecified atom stereocenters. The molecule has 0 saturated carbocycles. The van der Waals surface area contributed by atoms with E-state index in [0.717, 1.165) is 24.2 Å². The van der Waals surface area contributed by atoms with Crippen LogP contribution >= 0.6 is 0 Å². The molecule has 1 aromatic rings. The second-order valence-corrected chi connectivity index (χ2v) is 4.44. The molecule has 0 fully saturated rings. The SMILES string of the molecule is CCOC(=O)COc1cccc2c1CC(CO)C2. The average Bonchev–Trinajstić information content (AvgIpc) is 2.80. The van der Waals surface area contributed by atoms with Crippen molar-refractivity contribution in [3.8, 4) is 5.75 Å². The van der Waals surface area contributed by atoms with Gasteiger partial charge in [-0.1, -0.05) is 12.1 Å². The van der Waals surface area contributed by atoms with Gasteiger partial charge in [-0.15, -0.1) is 0 Å². The third-order valence-electron chi connectivity index (χ3n) is 3.14. The Balaban J connectivity index is 2.03. The van der Waals surface area contributed by atoms with E-state index >= 15 is 0 Å². The predicted molar refractivity (Wildman–Crippen MR) is 66.6 cm³/mol. The van der Waals surface area contributed by atoms with Crippen molar-refractivity contribution in [2.75, 3.05) is 19.8 Å². The second kappa shape index (κ2) is 5.87. The summed E-state index contributed by atoms with van der Waals surface area (Å²) < 4.78 is 10.3. The maximum absolute atomic E-state index is 11.2. The fourth-order valence-corrected chi connectivity index (χ4v) is 2.31. The van der Waals surface area contributed by atoms with Gasteiger partial charge in [0.1, 0.15) is 5.75 Å². The first-order valence-electron chi connectivity index (χ1n) is 6.24. The van der Waals surface area contributed by atoms with Crippen LogP contribution in [0.15, 0.2) is 18.2 Å². The van der Waals surface area contributed by atoms with Crippen LogP contribution in [0.25, 0.3) is 0 Å². The van der Waals surface area contributed by atoms with Gasteiger partial charge in [-0.2, -0.15) is 0 Å². The summed E-state index contributed by atoms with van der Waals surface area (Å²) in [7, 11) is 0. The number of esters is 1. The first kappa shape index (κ1) is 12.9. The van der Waals surface area contributed by atoms with Gasteiger partial charge in [0.2, 0.25) is 0 Å². The highest BCUT2D eigenvalue weighted by molar-refractivity contribution is 5.71. The van der Waals surface area contributed by atoms with E-state index in [4.69, 9.17) is 9.47 Å². The summed E-state index contributed by atoms with van der Waals surface area (Å²) in [5, 5.41) is 9.20. The number of rotatable bonds is 5. The van der Waals surface area contributed by atoms with E-state index in [1.165, 1.54) is 5.56 Å². The molecule has 0 aliphatic heterocycles. The summed E-state index contributed by atoms with van der Waals surface area (Å²) in [5.41, 5.74) is 2.32. The van der Waals surface area contributed by atoms with Gasteiger partial charge in [0.25, 0.3) is 0 Å². The molecule has 4 nitrogen and oxygen atoms in total. The summed E-state index contributed by atoms with van der Waals surface area (Å²) in [5.74, 6) is 0.649. The Morgan fingerprint density at radius 2 is 2.28 bits per heavy atom. The summed E-state index contributed by atoms with van der Waals surface area (Å²) in [6, 6.07) is 5.82. The van der Waals surface area contributed by atoms with Gasteiger partial charge in [-0.05, 0) is 42.9 Å². The van der Waals surface area contributed by atoms with Crippen LogP contribution in [-0.2, 0) is 22.4 Å². The molecule has 98 valence electrons. The molecule has 0 heterocycles. The number of fused-ring (bicyclic) bond motifs is 1. The molecule has 4 heteroatoms. The lowest BCUT2D eigenvalue weighted by Gasteiger charge is -2.10. The van der Waals surface area contributed by atoms with Crippen LogP contribution < -0.4 is 4.74 Å². The number of carbonyl (C=O) groups excluding carboxylic acids is 1. The van der Waals surface area contributed by atoms with Gasteiger partial charge in [-0.25, -0.2) is 4.79 Å². The van der Waals surface area contributed by atoms with Gasteiger partial charge in [0.05, 0.1) is 6.61 Å². The molecule has 0 saturated heterocycles. The molecule has 1 N–H and O–H groups in total. The number of benzene rings is 1. The molecule has 1 aromatic carbocycles. The van der Waals surface area contributed by atoms with E-state index in [0.29, 0.717) is 6.61 Å².